The molecular formula is C15H14N2O3. The van der Waals surface area contributed by atoms with Crippen molar-refractivity contribution in [3.63, 3.8) is 0 Å². The van der Waals surface area contributed by atoms with Crippen molar-refractivity contribution >= 4 is 17.6 Å². The van der Waals surface area contributed by atoms with Crippen LogP contribution in [0.3, 0.4) is 0 Å². The number of pyridine rings is 1. The van der Waals surface area contributed by atoms with E-state index in [1.165, 1.54) is 23.2 Å². The number of amides is 1. The molecule has 5 nitrogen and oxygen atoms in total. The molecule has 0 aliphatic heterocycles. The van der Waals surface area contributed by atoms with Gasteiger partial charge in [-0.15, -0.1) is 0 Å². The Morgan fingerprint density at radius 1 is 1.20 bits per heavy atom. The minimum atomic E-state index is -1.15. The highest BCUT2D eigenvalue weighted by molar-refractivity contribution is 6.06. The smallest absolute Gasteiger partial charge is 0.354 e. The third kappa shape index (κ3) is 2.83. The fraction of sp³-hybridized carbons (Fsp3) is 0.133. The average molecular weight is 270 g/mol. The van der Waals surface area contributed by atoms with E-state index in [1.807, 2.05) is 31.2 Å². The van der Waals surface area contributed by atoms with Gasteiger partial charge < -0.3 is 10.0 Å². The normalized spacial score (nSPS) is 10.1. The molecule has 20 heavy (non-hydrogen) atoms. The molecule has 0 fully saturated rings. The minimum Gasteiger partial charge on any atom is -0.477 e. The number of carbonyl (C=O) groups excluding carboxylic acids is 1. The van der Waals surface area contributed by atoms with Crippen LogP contribution in [-0.4, -0.2) is 29.0 Å². The molecule has 2 rings (SSSR count). The number of hydrogen-bond acceptors (Lipinski definition) is 3. The molecular weight excluding hydrogens is 256 g/mol. The van der Waals surface area contributed by atoms with Crippen molar-refractivity contribution in [3.05, 3.63) is 59.4 Å². The van der Waals surface area contributed by atoms with E-state index >= 15 is 0 Å². The zero-order valence-corrected chi connectivity index (χ0v) is 11.2. The van der Waals surface area contributed by atoms with Crippen LogP contribution in [0, 0.1) is 6.92 Å². The van der Waals surface area contributed by atoms with Gasteiger partial charge in [0.25, 0.3) is 5.91 Å². The van der Waals surface area contributed by atoms with Crippen molar-refractivity contribution in [3.8, 4) is 0 Å². The van der Waals surface area contributed by atoms with Gasteiger partial charge in [0.05, 0.1) is 0 Å². The van der Waals surface area contributed by atoms with E-state index in [9.17, 15) is 9.59 Å². The molecule has 0 spiro atoms. The minimum absolute atomic E-state index is 0.145. The summed E-state index contributed by atoms with van der Waals surface area (Å²) in [5.41, 5.74) is 1.95. The molecule has 0 unspecified atom stereocenters. The Balaban J connectivity index is 2.31. The Labute approximate surface area is 116 Å². The molecule has 0 aliphatic carbocycles. The summed E-state index contributed by atoms with van der Waals surface area (Å²) in [6, 6.07) is 10.3. The number of rotatable bonds is 3. The number of carboxylic acid groups (broad SMARTS) is 1. The van der Waals surface area contributed by atoms with Gasteiger partial charge in [0.15, 0.2) is 0 Å². The Morgan fingerprint density at radius 2 is 1.95 bits per heavy atom. The fourth-order valence-electron chi connectivity index (χ4n) is 1.83. The lowest BCUT2D eigenvalue weighted by Gasteiger charge is -2.18. The van der Waals surface area contributed by atoms with Crippen LogP contribution in [0.25, 0.3) is 0 Å². The second-order valence-electron chi connectivity index (χ2n) is 4.44. The Morgan fingerprint density at radius 3 is 2.60 bits per heavy atom. The number of carboxylic acids is 1. The number of nitrogens with zero attached hydrogens (tertiary/aromatic N) is 2. The van der Waals surface area contributed by atoms with E-state index in [2.05, 4.69) is 4.98 Å². The summed E-state index contributed by atoms with van der Waals surface area (Å²) < 4.78 is 0. The molecule has 1 heterocycles. The van der Waals surface area contributed by atoms with Crippen molar-refractivity contribution in [1.82, 2.24) is 4.98 Å². The third-order valence-electron chi connectivity index (χ3n) is 2.92. The van der Waals surface area contributed by atoms with Crippen molar-refractivity contribution in [2.75, 3.05) is 11.9 Å². The van der Waals surface area contributed by atoms with E-state index in [0.29, 0.717) is 5.56 Å². The van der Waals surface area contributed by atoms with E-state index in [0.717, 1.165) is 11.3 Å². The van der Waals surface area contributed by atoms with Crippen molar-refractivity contribution in [2.24, 2.45) is 0 Å². The lowest BCUT2D eigenvalue weighted by Crippen LogP contribution is -2.26. The number of anilines is 1. The number of aromatic carboxylic acids is 1. The van der Waals surface area contributed by atoms with Gasteiger partial charge in [-0.3, -0.25) is 4.79 Å². The van der Waals surface area contributed by atoms with Crippen molar-refractivity contribution < 1.29 is 14.7 Å². The van der Waals surface area contributed by atoms with Gasteiger partial charge in [0, 0.05) is 24.5 Å². The second-order valence-corrected chi connectivity index (χ2v) is 4.44. The highest BCUT2D eigenvalue weighted by atomic mass is 16.4. The van der Waals surface area contributed by atoms with Crippen LogP contribution < -0.4 is 4.90 Å². The molecule has 0 saturated heterocycles. The number of aromatic nitrogens is 1. The Hall–Kier alpha value is -2.69. The largest absolute Gasteiger partial charge is 0.477 e. The number of carbonyl (C=O) groups is 2. The maximum absolute atomic E-state index is 12.3. The molecule has 102 valence electrons. The first-order valence-corrected chi connectivity index (χ1v) is 6.03. The molecule has 1 amide bonds. The van der Waals surface area contributed by atoms with Crippen LogP contribution in [0.2, 0.25) is 0 Å². The maximum atomic E-state index is 12.3. The summed E-state index contributed by atoms with van der Waals surface area (Å²) >= 11 is 0. The lowest BCUT2D eigenvalue weighted by atomic mass is 10.1. The fourth-order valence-corrected chi connectivity index (χ4v) is 1.83. The van der Waals surface area contributed by atoms with Crippen LogP contribution in [-0.2, 0) is 0 Å². The van der Waals surface area contributed by atoms with E-state index < -0.39 is 5.97 Å². The topological polar surface area (TPSA) is 70.5 Å². The molecule has 0 bridgehead atoms. The summed E-state index contributed by atoms with van der Waals surface area (Å²) in [5, 5.41) is 8.90. The standard InChI is InChI=1S/C15H14N2O3/c1-10-4-3-5-12(8-10)17(2)14(18)11-6-7-16-13(9-11)15(19)20/h3-9H,1-2H3,(H,19,20). The number of hydrogen-bond donors (Lipinski definition) is 1. The summed E-state index contributed by atoms with van der Waals surface area (Å²) in [6.45, 7) is 1.94. The third-order valence-corrected chi connectivity index (χ3v) is 2.92. The summed E-state index contributed by atoms with van der Waals surface area (Å²) in [7, 11) is 1.65. The lowest BCUT2D eigenvalue weighted by molar-refractivity contribution is 0.0690. The first kappa shape index (κ1) is 13.7. The summed E-state index contributed by atoms with van der Waals surface area (Å²) in [6.07, 6.45) is 1.32. The summed E-state index contributed by atoms with van der Waals surface area (Å²) in [5.74, 6) is -1.43. The van der Waals surface area contributed by atoms with Crippen LogP contribution in [0.4, 0.5) is 5.69 Å². The molecule has 0 radical (unpaired) electrons. The zero-order chi connectivity index (χ0) is 14.7. The second kappa shape index (κ2) is 5.52. The molecule has 1 N–H and O–H groups in total. The van der Waals surface area contributed by atoms with Crippen LogP contribution >= 0.6 is 0 Å². The quantitative estimate of drug-likeness (QED) is 0.929. The van der Waals surface area contributed by atoms with Gasteiger partial charge in [-0.2, -0.15) is 0 Å². The van der Waals surface area contributed by atoms with Gasteiger partial charge >= 0.3 is 5.97 Å². The first-order valence-electron chi connectivity index (χ1n) is 6.03. The molecule has 0 atom stereocenters. The highest BCUT2D eigenvalue weighted by Crippen LogP contribution is 2.17. The van der Waals surface area contributed by atoms with Crippen LogP contribution in [0.15, 0.2) is 42.6 Å². The van der Waals surface area contributed by atoms with E-state index in [4.69, 9.17) is 5.11 Å². The number of benzene rings is 1. The van der Waals surface area contributed by atoms with Gasteiger partial charge in [-0.25, -0.2) is 9.78 Å². The van der Waals surface area contributed by atoms with Gasteiger partial charge in [0.1, 0.15) is 5.69 Å². The predicted molar refractivity (Wildman–Crippen MR) is 75.1 cm³/mol. The van der Waals surface area contributed by atoms with Gasteiger partial charge in [0.2, 0.25) is 0 Å². The molecule has 0 aliphatic rings. The molecule has 0 saturated carbocycles. The first-order chi connectivity index (χ1) is 9.49. The predicted octanol–water partition coefficient (Wildman–Crippen LogP) is 2.36. The van der Waals surface area contributed by atoms with E-state index in [1.54, 1.807) is 7.05 Å². The molecule has 1 aromatic carbocycles. The highest BCUT2D eigenvalue weighted by Gasteiger charge is 2.15. The van der Waals surface area contributed by atoms with Crippen molar-refractivity contribution in [2.45, 2.75) is 6.92 Å². The maximum Gasteiger partial charge on any atom is 0.354 e. The zero-order valence-electron chi connectivity index (χ0n) is 11.2. The molecule has 5 heteroatoms. The number of aryl methyl sites for hydroxylation is 1. The average Bonchev–Trinajstić information content (AvgIpc) is 2.45. The SMILES string of the molecule is Cc1cccc(N(C)C(=O)c2ccnc(C(=O)O)c2)c1. The van der Waals surface area contributed by atoms with Crippen LogP contribution in [0.5, 0.6) is 0 Å². The molecule has 2 aromatic rings. The monoisotopic (exact) mass is 270 g/mol. The van der Waals surface area contributed by atoms with E-state index in [-0.39, 0.29) is 11.6 Å². The van der Waals surface area contributed by atoms with Gasteiger partial charge in [-0.05, 0) is 36.8 Å². The molecule has 1 aromatic heterocycles. The van der Waals surface area contributed by atoms with Crippen molar-refractivity contribution in [1.29, 1.82) is 0 Å². The Kier molecular flexibility index (Phi) is 3.79. The Bertz CT molecular complexity index is 668. The summed E-state index contributed by atoms with van der Waals surface area (Å²) in [4.78, 5) is 28.4. The van der Waals surface area contributed by atoms with Gasteiger partial charge in [-0.1, -0.05) is 12.1 Å². The van der Waals surface area contributed by atoms with Crippen LogP contribution in [0.1, 0.15) is 26.4 Å².